The molecule has 0 saturated heterocycles. The highest BCUT2D eigenvalue weighted by Gasteiger charge is 2.16. The maximum atomic E-state index is 12.4. The summed E-state index contributed by atoms with van der Waals surface area (Å²) in [5.74, 6) is 0.0164. The van der Waals surface area contributed by atoms with Gasteiger partial charge in [0, 0.05) is 30.6 Å². The van der Waals surface area contributed by atoms with E-state index in [2.05, 4.69) is 24.5 Å². The van der Waals surface area contributed by atoms with Crippen molar-refractivity contribution >= 4 is 23.0 Å². The molecule has 2 N–H and O–H groups in total. The summed E-state index contributed by atoms with van der Waals surface area (Å²) in [7, 11) is 1.66. The van der Waals surface area contributed by atoms with Crippen molar-refractivity contribution in [2.24, 2.45) is 0 Å². The highest BCUT2D eigenvalue weighted by Crippen LogP contribution is 2.23. The van der Waals surface area contributed by atoms with Gasteiger partial charge in [-0.15, -0.1) is 0 Å². The number of nitrogens with one attached hydrogen (secondary N) is 2. The van der Waals surface area contributed by atoms with Crippen LogP contribution < -0.4 is 10.6 Å². The number of amides is 1. The number of carbonyl (C=O) groups is 1. The van der Waals surface area contributed by atoms with Crippen LogP contribution in [0.1, 0.15) is 35.7 Å². The molecule has 2 aromatic rings. The molecule has 0 aliphatic heterocycles. The Balaban J connectivity index is 2.25. The predicted molar refractivity (Wildman–Crippen MR) is 91.1 cm³/mol. The molecule has 0 spiro atoms. The Labute approximate surface area is 134 Å². The molecule has 6 nitrogen and oxygen atoms in total. The van der Waals surface area contributed by atoms with Crippen LogP contribution in [0.25, 0.3) is 0 Å². The van der Waals surface area contributed by atoms with Crippen molar-refractivity contribution in [1.29, 1.82) is 0 Å². The van der Waals surface area contributed by atoms with Gasteiger partial charge in [0.15, 0.2) is 0 Å². The second-order valence-corrected chi connectivity index (χ2v) is 5.47. The average molecular weight is 313 g/mol. The summed E-state index contributed by atoms with van der Waals surface area (Å²) in [5, 5.41) is 16.5. The smallest absolute Gasteiger partial charge is 0.270 e. The third-order valence-corrected chi connectivity index (χ3v) is 3.56. The number of nitro benzene ring substituents is 1. The Morgan fingerprint density at radius 3 is 2.30 bits per heavy atom. The van der Waals surface area contributed by atoms with Crippen molar-refractivity contribution in [3.05, 3.63) is 63.7 Å². The van der Waals surface area contributed by atoms with Crippen molar-refractivity contribution in [3.8, 4) is 0 Å². The molecule has 2 aromatic carbocycles. The highest BCUT2D eigenvalue weighted by molar-refractivity contribution is 6.08. The molecule has 120 valence electrons. The summed E-state index contributed by atoms with van der Waals surface area (Å²) in [4.78, 5) is 22.8. The van der Waals surface area contributed by atoms with E-state index in [1.54, 1.807) is 7.05 Å². The average Bonchev–Trinajstić information content (AvgIpc) is 2.54. The molecule has 0 radical (unpaired) electrons. The van der Waals surface area contributed by atoms with Crippen LogP contribution in [0, 0.1) is 10.1 Å². The van der Waals surface area contributed by atoms with Gasteiger partial charge in [0.05, 0.1) is 10.5 Å². The molecule has 0 heterocycles. The number of anilines is 2. The Bertz CT molecular complexity index is 724. The second kappa shape index (κ2) is 6.91. The minimum atomic E-state index is -0.520. The minimum absolute atomic E-state index is 0.121. The van der Waals surface area contributed by atoms with E-state index in [-0.39, 0.29) is 11.3 Å². The van der Waals surface area contributed by atoms with Gasteiger partial charge in [0.1, 0.15) is 0 Å². The molecule has 1 amide bonds. The van der Waals surface area contributed by atoms with Crippen LogP contribution in [0.15, 0.2) is 42.5 Å². The zero-order chi connectivity index (χ0) is 17.0. The van der Waals surface area contributed by atoms with Crippen molar-refractivity contribution in [1.82, 2.24) is 0 Å². The topological polar surface area (TPSA) is 84.3 Å². The quantitative estimate of drug-likeness (QED) is 0.645. The molecular formula is C17H19N3O3. The maximum Gasteiger partial charge on any atom is 0.270 e. The Hall–Kier alpha value is -2.89. The fourth-order valence-electron chi connectivity index (χ4n) is 2.20. The fourth-order valence-corrected chi connectivity index (χ4v) is 2.20. The van der Waals surface area contributed by atoms with Crippen LogP contribution in [0.3, 0.4) is 0 Å². The lowest BCUT2D eigenvalue weighted by Crippen LogP contribution is -2.14. The number of hydrogen-bond acceptors (Lipinski definition) is 4. The first-order chi connectivity index (χ1) is 10.9. The molecule has 0 saturated carbocycles. The van der Waals surface area contributed by atoms with E-state index in [1.807, 2.05) is 24.3 Å². The fraction of sp³-hybridized carbons (Fsp3) is 0.235. The van der Waals surface area contributed by atoms with Crippen LogP contribution in [0.5, 0.6) is 0 Å². The van der Waals surface area contributed by atoms with Gasteiger partial charge in [-0.1, -0.05) is 26.0 Å². The van der Waals surface area contributed by atoms with Crippen LogP contribution in [0.4, 0.5) is 17.1 Å². The van der Waals surface area contributed by atoms with Gasteiger partial charge in [-0.05, 0) is 29.7 Å². The van der Waals surface area contributed by atoms with Crippen molar-refractivity contribution in [3.63, 3.8) is 0 Å². The number of nitrogens with zero attached hydrogens (tertiary/aromatic N) is 1. The normalized spacial score (nSPS) is 10.4. The lowest BCUT2D eigenvalue weighted by Gasteiger charge is -2.11. The number of rotatable bonds is 5. The summed E-state index contributed by atoms with van der Waals surface area (Å²) < 4.78 is 0. The van der Waals surface area contributed by atoms with Crippen LogP contribution in [0.2, 0.25) is 0 Å². The maximum absolute atomic E-state index is 12.4. The van der Waals surface area contributed by atoms with Crippen LogP contribution in [-0.4, -0.2) is 17.9 Å². The summed E-state index contributed by atoms with van der Waals surface area (Å²) in [6, 6.07) is 11.7. The van der Waals surface area contributed by atoms with Gasteiger partial charge >= 0.3 is 0 Å². The van der Waals surface area contributed by atoms with E-state index < -0.39 is 10.8 Å². The molecule has 0 bridgehead atoms. The lowest BCUT2D eigenvalue weighted by atomic mass is 10.0. The highest BCUT2D eigenvalue weighted by atomic mass is 16.6. The zero-order valence-corrected chi connectivity index (χ0v) is 13.3. The van der Waals surface area contributed by atoms with E-state index >= 15 is 0 Å². The van der Waals surface area contributed by atoms with Gasteiger partial charge in [-0.2, -0.15) is 0 Å². The summed E-state index contributed by atoms with van der Waals surface area (Å²) in [6.07, 6.45) is 0. The standard InChI is InChI=1S/C17H19N3O3/c1-11(2)12-4-6-13(7-5-12)19-17(21)15-10-14(20(22)23)8-9-16(15)18-3/h4-11,18H,1-3H3,(H,19,21). The number of hydrogen-bond donors (Lipinski definition) is 2. The van der Waals surface area contributed by atoms with Crippen molar-refractivity contribution in [2.75, 3.05) is 17.7 Å². The van der Waals surface area contributed by atoms with E-state index in [1.165, 1.54) is 23.8 Å². The van der Waals surface area contributed by atoms with Gasteiger partial charge < -0.3 is 10.6 Å². The molecule has 0 aromatic heterocycles. The molecule has 0 unspecified atom stereocenters. The molecule has 23 heavy (non-hydrogen) atoms. The lowest BCUT2D eigenvalue weighted by molar-refractivity contribution is -0.384. The minimum Gasteiger partial charge on any atom is -0.387 e. The molecule has 6 heteroatoms. The first kappa shape index (κ1) is 16.5. The number of nitro groups is 1. The van der Waals surface area contributed by atoms with Crippen molar-refractivity contribution in [2.45, 2.75) is 19.8 Å². The van der Waals surface area contributed by atoms with Gasteiger partial charge in [0.25, 0.3) is 11.6 Å². The van der Waals surface area contributed by atoms with E-state index in [9.17, 15) is 14.9 Å². The van der Waals surface area contributed by atoms with Crippen molar-refractivity contribution < 1.29 is 9.72 Å². The molecule has 2 rings (SSSR count). The Morgan fingerprint density at radius 2 is 1.78 bits per heavy atom. The molecule has 0 aliphatic rings. The molecule has 0 fully saturated rings. The van der Waals surface area contributed by atoms with Crippen LogP contribution >= 0.6 is 0 Å². The van der Waals surface area contributed by atoms with Crippen LogP contribution in [-0.2, 0) is 0 Å². The number of carbonyl (C=O) groups excluding carboxylic acids is 1. The second-order valence-electron chi connectivity index (χ2n) is 5.47. The molecule has 0 atom stereocenters. The third kappa shape index (κ3) is 3.85. The Morgan fingerprint density at radius 1 is 1.13 bits per heavy atom. The first-order valence-corrected chi connectivity index (χ1v) is 7.30. The van der Waals surface area contributed by atoms with E-state index in [0.717, 1.165) is 0 Å². The first-order valence-electron chi connectivity index (χ1n) is 7.30. The Kier molecular flexibility index (Phi) is 4.95. The predicted octanol–water partition coefficient (Wildman–Crippen LogP) is 4.01. The summed E-state index contributed by atoms with van der Waals surface area (Å²) in [5.41, 5.74) is 2.47. The SMILES string of the molecule is CNc1ccc([N+](=O)[O-])cc1C(=O)Nc1ccc(C(C)C)cc1. The van der Waals surface area contributed by atoms with E-state index in [0.29, 0.717) is 17.3 Å². The summed E-state index contributed by atoms with van der Waals surface area (Å²) in [6.45, 7) is 4.19. The third-order valence-electron chi connectivity index (χ3n) is 3.56. The van der Waals surface area contributed by atoms with E-state index in [4.69, 9.17) is 0 Å². The zero-order valence-electron chi connectivity index (χ0n) is 13.3. The number of non-ortho nitro benzene ring substituents is 1. The monoisotopic (exact) mass is 313 g/mol. The van der Waals surface area contributed by atoms with Gasteiger partial charge in [0.2, 0.25) is 0 Å². The van der Waals surface area contributed by atoms with Gasteiger partial charge in [-0.3, -0.25) is 14.9 Å². The summed E-state index contributed by atoms with van der Waals surface area (Å²) >= 11 is 0. The number of benzene rings is 2. The molecule has 0 aliphatic carbocycles. The molecular weight excluding hydrogens is 294 g/mol. The van der Waals surface area contributed by atoms with Gasteiger partial charge in [-0.25, -0.2) is 0 Å². The largest absolute Gasteiger partial charge is 0.387 e.